The first kappa shape index (κ1) is 15.8. The van der Waals surface area contributed by atoms with Gasteiger partial charge in [0.25, 0.3) is 0 Å². The molecule has 1 aliphatic rings. The molecule has 8 nitrogen and oxygen atoms in total. The van der Waals surface area contributed by atoms with Gasteiger partial charge < -0.3 is 14.1 Å². The van der Waals surface area contributed by atoms with Crippen LogP contribution in [0.1, 0.15) is 0 Å². The smallest absolute Gasteiger partial charge is 0.182 e. The van der Waals surface area contributed by atoms with Crippen molar-refractivity contribution in [1.82, 2.24) is 24.9 Å². The van der Waals surface area contributed by atoms with Crippen molar-refractivity contribution in [3.05, 3.63) is 49.1 Å². The maximum Gasteiger partial charge on any atom is 0.182 e. The fourth-order valence-electron chi connectivity index (χ4n) is 3.08. The van der Waals surface area contributed by atoms with Crippen LogP contribution in [0.25, 0.3) is 34.0 Å². The number of hydrogen-bond donors (Lipinski definition) is 0. The molecule has 0 spiro atoms. The average Bonchev–Trinajstić information content (AvgIpc) is 3.29. The molecular formula is C19H16N6O2. The molecule has 27 heavy (non-hydrogen) atoms. The molecule has 4 aromatic heterocycles. The number of pyridine rings is 1. The second-order valence-electron chi connectivity index (χ2n) is 6.11. The normalized spacial score (nSPS) is 14.6. The molecule has 0 atom stereocenters. The minimum atomic E-state index is 0.512. The monoisotopic (exact) mass is 360 g/mol. The van der Waals surface area contributed by atoms with Crippen molar-refractivity contribution in [2.24, 2.45) is 0 Å². The van der Waals surface area contributed by atoms with Crippen molar-refractivity contribution >= 4 is 16.9 Å². The minimum Gasteiger partial charge on any atom is -0.463 e. The Morgan fingerprint density at radius 2 is 1.81 bits per heavy atom. The lowest BCUT2D eigenvalue weighted by molar-refractivity contribution is 0.122. The summed E-state index contributed by atoms with van der Waals surface area (Å²) in [7, 11) is 0. The van der Waals surface area contributed by atoms with Crippen LogP contribution >= 0.6 is 0 Å². The van der Waals surface area contributed by atoms with E-state index in [0.29, 0.717) is 36.2 Å². The van der Waals surface area contributed by atoms with Crippen LogP contribution in [0.5, 0.6) is 0 Å². The first-order valence-electron chi connectivity index (χ1n) is 8.70. The Hall–Kier alpha value is -3.39. The summed E-state index contributed by atoms with van der Waals surface area (Å²) in [6.07, 6.45) is 6.69. The van der Waals surface area contributed by atoms with Gasteiger partial charge in [-0.05, 0) is 24.3 Å². The van der Waals surface area contributed by atoms with Crippen LogP contribution in [0.4, 0.5) is 5.82 Å². The summed E-state index contributed by atoms with van der Waals surface area (Å²) >= 11 is 0. The van der Waals surface area contributed by atoms with Gasteiger partial charge in [0, 0.05) is 19.3 Å². The maximum absolute atomic E-state index is 5.47. The highest BCUT2D eigenvalue weighted by Crippen LogP contribution is 2.27. The number of fused-ring (bicyclic) bond motifs is 1. The molecule has 5 rings (SSSR count). The summed E-state index contributed by atoms with van der Waals surface area (Å²) in [5, 5.41) is 0. The minimum absolute atomic E-state index is 0.512. The zero-order chi connectivity index (χ0) is 18.1. The second kappa shape index (κ2) is 6.73. The molecule has 8 heteroatoms. The molecule has 0 bridgehead atoms. The summed E-state index contributed by atoms with van der Waals surface area (Å²) in [4.78, 5) is 25.0. The van der Waals surface area contributed by atoms with Crippen LogP contribution in [0.3, 0.4) is 0 Å². The van der Waals surface area contributed by atoms with E-state index in [1.165, 1.54) is 0 Å². The molecule has 1 aliphatic heterocycles. The van der Waals surface area contributed by atoms with Gasteiger partial charge in [0.15, 0.2) is 17.4 Å². The number of hydrogen-bond acceptors (Lipinski definition) is 8. The molecule has 1 saturated heterocycles. The summed E-state index contributed by atoms with van der Waals surface area (Å²) in [5.41, 5.74) is 2.77. The number of nitrogens with zero attached hydrogens (tertiary/aromatic N) is 6. The lowest BCUT2D eigenvalue weighted by atomic mass is 10.2. The Balaban J connectivity index is 1.64. The average molecular weight is 360 g/mol. The van der Waals surface area contributed by atoms with E-state index in [9.17, 15) is 0 Å². The van der Waals surface area contributed by atoms with Gasteiger partial charge in [-0.1, -0.05) is 0 Å². The van der Waals surface area contributed by atoms with E-state index in [1.54, 1.807) is 24.9 Å². The van der Waals surface area contributed by atoms with Gasteiger partial charge in [0.05, 0.1) is 37.4 Å². The fourth-order valence-corrected chi connectivity index (χ4v) is 3.08. The van der Waals surface area contributed by atoms with Crippen molar-refractivity contribution in [3.8, 4) is 23.0 Å². The summed E-state index contributed by atoms with van der Waals surface area (Å²) in [6.45, 7) is 2.86. The summed E-state index contributed by atoms with van der Waals surface area (Å²) in [5.74, 6) is 1.96. The first-order chi connectivity index (χ1) is 13.4. The van der Waals surface area contributed by atoms with Crippen LogP contribution in [0.2, 0.25) is 0 Å². The third-order valence-corrected chi connectivity index (χ3v) is 4.38. The van der Waals surface area contributed by atoms with Gasteiger partial charge in [0.1, 0.15) is 16.9 Å². The Bertz CT molecular complexity index is 1080. The number of furan rings is 1. The van der Waals surface area contributed by atoms with Crippen LogP contribution in [-0.2, 0) is 4.74 Å². The zero-order valence-electron chi connectivity index (χ0n) is 14.4. The Kier molecular flexibility index (Phi) is 3.95. The van der Waals surface area contributed by atoms with E-state index in [0.717, 1.165) is 29.9 Å². The topological polar surface area (TPSA) is 90.1 Å². The molecule has 5 heterocycles. The quantitative estimate of drug-likeness (QED) is 0.551. The van der Waals surface area contributed by atoms with Crippen LogP contribution in [-0.4, -0.2) is 51.2 Å². The van der Waals surface area contributed by atoms with Gasteiger partial charge in [0.2, 0.25) is 0 Å². The molecule has 4 aromatic rings. The highest BCUT2D eigenvalue weighted by Gasteiger charge is 2.19. The van der Waals surface area contributed by atoms with Crippen LogP contribution in [0, 0.1) is 0 Å². The molecular weight excluding hydrogens is 344 g/mol. The van der Waals surface area contributed by atoms with E-state index in [-0.39, 0.29) is 0 Å². The third kappa shape index (κ3) is 3.00. The fraction of sp³-hybridized carbons (Fsp3) is 0.211. The maximum atomic E-state index is 5.47. The van der Waals surface area contributed by atoms with E-state index in [1.807, 2.05) is 24.3 Å². The molecule has 0 saturated carbocycles. The number of ether oxygens (including phenoxy) is 1. The largest absolute Gasteiger partial charge is 0.463 e. The van der Waals surface area contributed by atoms with E-state index >= 15 is 0 Å². The lowest BCUT2D eigenvalue weighted by Gasteiger charge is -2.28. The molecule has 1 fully saturated rings. The van der Waals surface area contributed by atoms with Gasteiger partial charge in [-0.2, -0.15) is 0 Å². The Labute approximate surface area is 154 Å². The van der Waals surface area contributed by atoms with Crippen LogP contribution in [0.15, 0.2) is 53.5 Å². The second-order valence-corrected chi connectivity index (χ2v) is 6.11. The molecule has 134 valence electrons. The third-order valence-electron chi connectivity index (χ3n) is 4.38. The number of anilines is 1. The number of aromatic nitrogens is 5. The highest BCUT2D eigenvalue weighted by molar-refractivity contribution is 5.87. The highest BCUT2D eigenvalue weighted by atomic mass is 16.5. The predicted molar refractivity (Wildman–Crippen MR) is 99.1 cm³/mol. The van der Waals surface area contributed by atoms with Crippen molar-refractivity contribution in [2.75, 3.05) is 31.2 Å². The molecule has 0 amide bonds. The molecule has 0 radical (unpaired) electrons. The van der Waals surface area contributed by atoms with Gasteiger partial charge in [-0.3, -0.25) is 9.97 Å². The van der Waals surface area contributed by atoms with Gasteiger partial charge in [-0.25, -0.2) is 15.0 Å². The Morgan fingerprint density at radius 1 is 0.926 bits per heavy atom. The van der Waals surface area contributed by atoms with E-state index in [4.69, 9.17) is 14.1 Å². The van der Waals surface area contributed by atoms with Crippen molar-refractivity contribution in [1.29, 1.82) is 0 Å². The van der Waals surface area contributed by atoms with E-state index in [2.05, 4.69) is 24.8 Å². The molecule has 0 aromatic carbocycles. The molecule has 0 aliphatic carbocycles. The zero-order valence-corrected chi connectivity index (χ0v) is 14.4. The van der Waals surface area contributed by atoms with E-state index < -0.39 is 0 Å². The molecule has 0 N–H and O–H groups in total. The van der Waals surface area contributed by atoms with Gasteiger partial charge >= 0.3 is 0 Å². The first-order valence-corrected chi connectivity index (χ1v) is 8.70. The summed E-state index contributed by atoms with van der Waals surface area (Å²) in [6, 6.07) is 7.46. The SMILES string of the molecule is c1coc(-c2cncc(-c3nc(N4CCOCC4)c4ncccc4n3)n2)c1. The van der Waals surface area contributed by atoms with Crippen molar-refractivity contribution in [3.63, 3.8) is 0 Å². The van der Waals surface area contributed by atoms with Crippen molar-refractivity contribution in [2.45, 2.75) is 0 Å². The predicted octanol–water partition coefficient (Wildman–Crippen LogP) is 2.58. The standard InChI is InChI=1S/C19H16N6O2/c1-3-13-17(21-5-1)19(25-6-9-26-10-7-25)24-18(23-13)15-12-20-11-14(22-15)16-4-2-8-27-16/h1-5,8,11-12H,6-7,9-10H2. The van der Waals surface area contributed by atoms with Crippen LogP contribution < -0.4 is 4.90 Å². The summed E-state index contributed by atoms with van der Waals surface area (Å²) < 4.78 is 10.9. The lowest BCUT2D eigenvalue weighted by Crippen LogP contribution is -2.37. The van der Waals surface area contributed by atoms with Gasteiger partial charge in [-0.15, -0.1) is 0 Å². The number of rotatable bonds is 3. The number of morpholine rings is 1. The van der Waals surface area contributed by atoms with Crippen molar-refractivity contribution < 1.29 is 9.15 Å². The Morgan fingerprint density at radius 3 is 2.67 bits per heavy atom. The molecule has 0 unspecified atom stereocenters.